The highest BCUT2D eigenvalue weighted by Gasteiger charge is 2.15. The molecule has 2 aromatic carbocycles. The molecule has 0 fully saturated rings. The molecule has 0 saturated carbocycles. The van der Waals surface area contributed by atoms with Crippen molar-refractivity contribution in [3.63, 3.8) is 0 Å². The average Bonchev–Trinajstić information content (AvgIpc) is 2.69. The molecule has 108 valence electrons. The van der Waals surface area contributed by atoms with E-state index in [1.807, 2.05) is 30.3 Å². The summed E-state index contributed by atoms with van der Waals surface area (Å²) in [6.45, 7) is 3.16. The molecule has 0 unspecified atom stereocenters. The van der Waals surface area contributed by atoms with Crippen molar-refractivity contribution in [1.29, 1.82) is 0 Å². The molecular formula is C17H17NO3. The molecule has 1 aliphatic rings. The van der Waals surface area contributed by atoms with Crippen LogP contribution in [0.4, 0.5) is 0 Å². The van der Waals surface area contributed by atoms with Crippen LogP contribution >= 0.6 is 0 Å². The van der Waals surface area contributed by atoms with Crippen LogP contribution in [0.5, 0.6) is 5.75 Å². The fourth-order valence-corrected chi connectivity index (χ4v) is 2.53. The lowest BCUT2D eigenvalue weighted by molar-refractivity contribution is 0.0697. The molecule has 1 heterocycles. The number of hydrogen-bond acceptors (Lipinski definition) is 3. The van der Waals surface area contributed by atoms with Crippen molar-refractivity contribution < 1.29 is 14.6 Å². The van der Waals surface area contributed by atoms with Gasteiger partial charge >= 0.3 is 5.97 Å². The van der Waals surface area contributed by atoms with E-state index in [1.165, 1.54) is 5.56 Å². The van der Waals surface area contributed by atoms with Crippen LogP contribution in [-0.2, 0) is 13.1 Å². The monoisotopic (exact) mass is 283 g/mol. The third-order valence-corrected chi connectivity index (χ3v) is 3.64. The van der Waals surface area contributed by atoms with Crippen molar-refractivity contribution in [2.45, 2.75) is 13.1 Å². The second-order valence-corrected chi connectivity index (χ2v) is 5.17. The van der Waals surface area contributed by atoms with Crippen LogP contribution in [0.2, 0.25) is 0 Å². The van der Waals surface area contributed by atoms with E-state index in [0.29, 0.717) is 12.2 Å². The molecular weight excluding hydrogens is 266 g/mol. The SMILES string of the molecule is O=C(O)c1ccc(CN2CCOc3ccccc3C2)cc1. The number of carboxylic acid groups (broad SMARTS) is 1. The molecule has 2 aromatic rings. The molecule has 0 radical (unpaired) electrons. The van der Waals surface area contributed by atoms with E-state index in [-0.39, 0.29) is 0 Å². The maximum Gasteiger partial charge on any atom is 0.335 e. The van der Waals surface area contributed by atoms with Gasteiger partial charge in [-0.25, -0.2) is 4.79 Å². The Morgan fingerprint density at radius 3 is 2.67 bits per heavy atom. The van der Waals surface area contributed by atoms with Crippen LogP contribution in [0.3, 0.4) is 0 Å². The smallest absolute Gasteiger partial charge is 0.335 e. The van der Waals surface area contributed by atoms with Crippen LogP contribution in [-0.4, -0.2) is 29.1 Å². The fourth-order valence-electron chi connectivity index (χ4n) is 2.53. The second kappa shape index (κ2) is 5.97. The lowest BCUT2D eigenvalue weighted by Crippen LogP contribution is -2.25. The lowest BCUT2D eigenvalue weighted by atomic mass is 10.1. The highest BCUT2D eigenvalue weighted by molar-refractivity contribution is 5.87. The van der Waals surface area contributed by atoms with Gasteiger partial charge < -0.3 is 9.84 Å². The number of ether oxygens (including phenoxy) is 1. The van der Waals surface area contributed by atoms with Gasteiger partial charge in [-0.15, -0.1) is 0 Å². The number of fused-ring (bicyclic) bond motifs is 1. The standard InChI is InChI=1S/C17H17NO3/c19-17(20)14-7-5-13(6-8-14)11-18-9-10-21-16-4-2-1-3-15(16)12-18/h1-8H,9-12H2,(H,19,20). The van der Waals surface area contributed by atoms with Crippen molar-refractivity contribution in [1.82, 2.24) is 4.90 Å². The number of carbonyl (C=O) groups is 1. The molecule has 0 spiro atoms. The lowest BCUT2D eigenvalue weighted by Gasteiger charge is -2.19. The Morgan fingerprint density at radius 2 is 1.90 bits per heavy atom. The second-order valence-electron chi connectivity index (χ2n) is 5.17. The molecule has 4 heteroatoms. The van der Waals surface area contributed by atoms with Gasteiger partial charge in [0.05, 0.1) is 5.56 Å². The Bertz CT molecular complexity index is 637. The largest absolute Gasteiger partial charge is 0.492 e. The number of hydrogen-bond donors (Lipinski definition) is 1. The predicted molar refractivity (Wildman–Crippen MR) is 79.5 cm³/mol. The summed E-state index contributed by atoms with van der Waals surface area (Å²) in [4.78, 5) is 13.2. The molecule has 21 heavy (non-hydrogen) atoms. The van der Waals surface area contributed by atoms with Crippen LogP contribution in [0.15, 0.2) is 48.5 Å². The summed E-state index contributed by atoms with van der Waals surface area (Å²) in [6, 6.07) is 15.1. The molecule has 0 bridgehead atoms. The van der Waals surface area contributed by atoms with Gasteiger partial charge in [0.25, 0.3) is 0 Å². The Labute approximate surface area is 123 Å². The zero-order valence-corrected chi connectivity index (χ0v) is 11.7. The highest BCUT2D eigenvalue weighted by atomic mass is 16.5. The Balaban J connectivity index is 1.71. The summed E-state index contributed by atoms with van der Waals surface area (Å²) in [6.07, 6.45) is 0. The third-order valence-electron chi connectivity index (χ3n) is 3.64. The zero-order valence-electron chi connectivity index (χ0n) is 11.7. The molecule has 1 aliphatic heterocycles. The minimum absolute atomic E-state index is 0.322. The van der Waals surface area contributed by atoms with Crippen molar-refractivity contribution in [3.05, 3.63) is 65.2 Å². The maximum absolute atomic E-state index is 10.9. The summed E-state index contributed by atoms with van der Waals surface area (Å²) in [5.41, 5.74) is 2.62. The topological polar surface area (TPSA) is 49.8 Å². The minimum Gasteiger partial charge on any atom is -0.492 e. The van der Waals surface area contributed by atoms with Gasteiger partial charge in [0.2, 0.25) is 0 Å². The van der Waals surface area contributed by atoms with E-state index < -0.39 is 5.97 Å². The van der Waals surface area contributed by atoms with Crippen molar-refractivity contribution >= 4 is 5.97 Å². The summed E-state index contributed by atoms with van der Waals surface area (Å²) >= 11 is 0. The van der Waals surface area contributed by atoms with Crippen LogP contribution in [0.25, 0.3) is 0 Å². The third kappa shape index (κ3) is 3.23. The summed E-state index contributed by atoms with van der Waals surface area (Å²) < 4.78 is 5.75. The number of carboxylic acids is 1. The van der Waals surface area contributed by atoms with Crippen molar-refractivity contribution in [2.24, 2.45) is 0 Å². The van der Waals surface area contributed by atoms with E-state index in [0.717, 1.165) is 30.9 Å². The first-order chi connectivity index (χ1) is 10.2. The van der Waals surface area contributed by atoms with E-state index in [9.17, 15) is 4.79 Å². The van der Waals surface area contributed by atoms with Crippen molar-refractivity contribution in [2.75, 3.05) is 13.2 Å². The first-order valence-corrected chi connectivity index (χ1v) is 6.98. The quantitative estimate of drug-likeness (QED) is 0.941. The minimum atomic E-state index is -0.890. The number of rotatable bonds is 3. The molecule has 3 rings (SSSR count). The van der Waals surface area contributed by atoms with Crippen molar-refractivity contribution in [3.8, 4) is 5.75 Å². The van der Waals surface area contributed by atoms with Gasteiger partial charge in [0.1, 0.15) is 12.4 Å². The average molecular weight is 283 g/mol. The number of para-hydroxylation sites is 1. The van der Waals surface area contributed by atoms with Crippen LogP contribution in [0, 0.1) is 0 Å². The number of nitrogens with zero attached hydrogens (tertiary/aromatic N) is 1. The van der Waals surface area contributed by atoms with Gasteiger partial charge in [0.15, 0.2) is 0 Å². The molecule has 0 saturated heterocycles. The molecule has 0 aromatic heterocycles. The van der Waals surface area contributed by atoms with E-state index >= 15 is 0 Å². The van der Waals surface area contributed by atoms with E-state index in [4.69, 9.17) is 9.84 Å². The number of benzene rings is 2. The summed E-state index contributed by atoms with van der Waals surface area (Å²) in [7, 11) is 0. The van der Waals surface area contributed by atoms with E-state index in [1.54, 1.807) is 12.1 Å². The molecule has 0 atom stereocenters. The molecule has 1 N–H and O–H groups in total. The Hall–Kier alpha value is -2.33. The number of aromatic carboxylic acids is 1. The first-order valence-electron chi connectivity index (χ1n) is 6.98. The first kappa shape index (κ1) is 13.6. The van der Waals surface area contributed by atoms with Gasteiger partial charge in [-0.05, 0) is 23.8 Å². The Morgan fingerprint density at radius 1 is 1.14 bits per heavy atom. The molecule has 0 amide bonds. The molecule has 4 nitrogen and oxygen atoms in total. The summed E-state index contributed by atoms with van der Waals surface area (Å²) in [5.74, 6) is 0.0693. The predicted octanol–water partition coefficient (Wildman–Crippen LogP) is 2.78. The fraction of sp³-hybridized carbons (Fsp3) is 0.235. The van der Waals surface area contributed by atoms with Gasteiger partial charge in [0, 0.05) is 25.2 Å². The highest BCUT2D eigenvalue weighted by Crippen LogP contribution is 2.23. The van der Waals surface area contributed by atoms with Gasteiger partial charge in [-0.1, -0.05) is 30.3 Å². The van der Waals surface area contributed by atoms with Crippen LogP contribution < -0.4 is 4.74 Å². The van der Waals surface area contributed by atoms with Gasteiger partial charge in [-0.3, -0.25) is 4.90 Å². The maximum atomic E-state index is 10.9. The van der Waals surface area contributed by atoms with Crippen LogP contribution in [0.1, 0.15) is 21.5 Å². The Kier molecular flexibility index (Phi) is 3.88. The van der Waals surface area contributed by atoms with Gasteiger partial charge in [-0.2, -0.15) is 0 Å². The normalized spacial score (nSPS) is 14.9. The van der Waals surface area contributed by atoms with E-state index in [2.05, 4.69) is 11.0 Å². The zero-order chi connectivity index (χ0) is 14.7. The summed E-state index contributed by atoms with van der Waals surface area (Å²) in [5, 5.41) is 8.92. The molecule has 0 aliphatic carbocycles.